The van der Waals surface area contributed by atoms with Gasteiger partial charge in [-0.1, -0.05) is 6.42 Å². The fourth-order valence-corrected chi connectivity index (χ4v) is 6.65. The van der Waals surface area contributed by atoms with Crippen LogP contribution in [0.3, 0.4) is 0 Å². The summed E-state index contributed by atoms with van der Waals surface area (Å²) in [5, 5.41) is 10.1. The van der Waals surface area contributed by atoms with Crippen LogP contribution in [-0.4, -0.2) is 62.2 Å². The van der Waals surface area contributed by atoms with E-state index in [1.807, 2.05) is 0 Å². The van der Waals surface area contributed by atoms with E-state index in [-0.39, 0.29) is 6.10 Å². The zero-order chi connectivity index (χ0) is 17.1. The second-order valence-corrected chi connectivity index (χ2v) is 9.52. The Hall–Kier alpha value is -0.160. The van der Waals surface area contributed by atoms with Crippen LogP contribution < -0.4 is 0 Å². The van der Waals surface area contributed by atoms with Gasteiger partial charge in [-0.3, -0.25) is 4.90 Å². The third-order valence-corrected chi connectivity index (χ3v) is 7.29. The van der Waals surface area contributed by atoms with Gasteiger partial charge < -0.3 is 14.6 Å². The van der Waals surface area contributed by atoms with E-state index in [1.165, 1.54) is 32.1 Å². The minimum Gasteiger partial charge on any atom is -0.389 e. The van der Waals surface area contributed by atoms with Crippen molar-refractivity contribution in [3.8, 4) is 0 Å². The number of ether oxygens (including phenoxy) is 2. The molecule has 1 saturated heterocycles. The van der Waals surface area contributed by atoms with Crippen LogP contribution in [0.1, 0.15) is 57.8 Å². The van der Waals surface area contributed by atoms with Crippen LogP contribution in [0.4, 0.5) is 0 Å². The van der Waals surface area contributed by atoms with Crippen molar-refractivity contribution in [2.24, 2.45) is 23.2 Å². The molecular formula is C21H37NO3. The highest BCUT2D eigenvalue weighted by molar-refractivity contribution is 5.01. The van der Waals surface area contributed by atoms with Crippen molar-refractivity contribution >= 4 is 0 Å². The van der Waals surface area contributed by atoms with Crippen LogP contribution in [0.15, 0.2) is 0 Å². The van der Waals surface area contributed by atoms with Crippen LogP contribution in [0.2, 0.25) is 0 Å². The molecule has 0 aromatic rings. The largest absolute Gasteiger partial charge is 0.389 e. The zero-order valence-electron chi connectivity index (χ0n) is 15.8. The summed E-state index contributed by atoms with van der Waals surface area (Å²) >= 11 is 0. The van der Waals surface area contributed by atoms with Gasteiger partial charge in [-0.15, -0.1) is 0 Å². The number of β-amino-alcohol motifs (C(OH)–C–C–N with tert-alkyl or cyclic N) is 1. The highest BCUT2D eigenvalue weighted by Gasteiger charge is 2.50. The Balaban J connectivity index is 1.07. The van der Waals surface area contributed by atoms with Crippen LogP contribution in [0.5, 0.6) is 0 Å². The molecule has 0 unspecified atom stereocenters. The van der Waals surface area contributed by atoms with Crippen molar-refractivity contribution in [3.05, 3.63) is 0 Å². The predicted molar refractivity (Wildman–Crippen MR) is 98.5 cm³/mol. The van der Waals surface area contributed by atoms with Gasteiger partial charge in [-0.2, -0.15) is 0 Å². The van der Waals surface area contributed by atoms with E-state index in [1.54, 1.807) is 19.3 Å². The molecule has 5 rings (SSSR count). The summed E-state index contributed by atoms with van der Waals surface area (Å²) in [6.07, 6.45) is 12.7. The number of hydrogen-bond acceptors (Lipinski definition) is 4. The first kappa shape index (κ1) is 18.2. The Morgan fingerprint density at radius 2 is 1.64 bits per heavy atom. The monoisotopic (exact) mass is 351 g/mol. The molecular weight excluding hydrogens is 314 g/mol. The van der Waals surface area contributed by atoms with Gasteiger partial charge in [0.25, 0.3) is 0 Å². The summed E-state index contributed by atoms with van der Waals surface area (Å²) in [7, 11) is 0. The van der Waals surface area contributed by atoms with Gasteiger partial charge >= 0.3 is 0 Å². The van der Waals surface area contributed by atoms with E-state index in [0.717, 1.165) is 63.6 Å². The molecule has 1 N–H and O–H groups in total. The van der Waals surface area contributed by atoms with E-state index >= 15 is 0 Å². The fraction of sp³-hybridized carbons (Fsp3) is 1.00. The summed E-state index contributed by atoms with van der Waals surface area (Å²) in [4.78, 5) is 2.27. The minimum atomic E-state index is -0.360. The summed E-state index contributed by atoms with van der Waals surface area (Å²) in [6, 6.07) is 0. The summed E-state index contributed by atoms with van der Waals surface area (Å²) in [5.74, 6) is 3.20. The summed E-state index contributed by atoms with van der Waals surface area (Å²) in [5.41, 5.74) is 0.713. The third kappa shape index (κ3) is 4.77. The first-order chi connectivity index (χ1) is 12.2. The molecule has 1 aliphatic heterocycles. The molecule has 4 heteroatoms. The van der Waals surface area contributed by atoms with Gasteiger partial charge in [0.1, 0.15) is 0 Å². The van der Waals surface area contributed by atoms with E-state index in [4.69, 9.17) is 9.47 Å². The van der Waals surface area contributed by atoms with Crippen molar-refractivity contribution in [1.29, 1.82) is 0 Å². The lowest BCUT2D eigenvalue weighted by molar-refractivity contribution is -0.0595. The normalized spacial score (nSPS) is 39.0. The SMILES string of the molecule is O[C@H](COCCCCC12CC3CC(CC(C3)C1)C2)CN1CCOCC1. The Bertz CT molecular complexity index is 386. The molecule has 1 heterocycles. The number of hydrogen-bond donors (Lipinski definition) is 1. The Morgan fingerprint density at radius 3 is 2.28 bits per heavy atom. The zero-order valence-corrected chi connectivity index (χ0v) is 15.8. The summed E-state index contributed by atoms with van der Waals surface area (Å²) in [6.45, 7) is 5.46. The molecule has 4 saturated carbocycles. The second kappa shape index (κ2) is 8.24. The molecule has 4 aliphatic carbocycles. The maximum absolute atomic E-state index is 10.1. The van der Waals surface area contributed by atoms with Crippen molar-refractivity contribution in [1.82, 2.24) is 4.90 Å². The highest BCUT2D eigenvalue weighted by atomic mass is 16.5. The molecule has 0 aromatic carbocycles. The molecule has 5 fully saturated rings. The van der Waals surface area contributed by atoms with E-state index in [9.17, 15) is 5.11 Å². The van der Waals surface area contributed by atoms with Gasteiger partial charge in [0.15, 0.2) is 0 Å². The number of aliphatic hydroxyl groups is 1. The molecule has 0 radical (unpaired) electrons. The van der Waals surface area contributed by atoms with E-state index in [0.29, 0.717) is 12.0 Å². The topological polar surface area (TPSA) is 41.9 Å². The Morgan fingerprint density at radius 1 is 1.00 bits per heavy atom. The van der Waals surface area contributed by atoms with Gasteiger partial charge in [0.2, 0.25) is 0 Å². The number of unbranched alkanes of at least 4 members (excludes halogenated alkanes) is 1. The van der Waals surface area contributed by atoms with E-state index < -0.39 is 0 Å². The smallest absolute Gasteiger partial charge is 0.0900 e. The van der Waals surface area contributed by atoms with Crippen LogP contribution in [0.25, 0.3) is 0 Å². The lowest BCUT2D eigenvalue weighted by atomic mass is 9.48. The fourth-order valence-electron chi connectivity index (χ4n) is 6.65. The quantitative estimate of drug-likeness (QED) is 0.648. The average molecular weight is 352 g/mol. The van der Waals surface area contributed by atoms with Crippen LogP contribution in [0, 0.1) is 23.2 Å². The van der Waals surface area contributed by atoms with Gasteiger partial charge in [-0.05, 0) is 74.5 Å². The van der Waals surface area contributed by atoms with Crippen LogP contribution in [-0.2, 0) is 9.47 Å². The lowest BCUT2D eigenvalue weighted by Gasteiger charge is -2.57. The first-order valence-corrected chi connectivity index (χ1v) is 10.8. The average Bonchev–Trinajstić information content (AvgIpc) is 2.57. The number of rotatable bonds is 9. The van der Waals surface area contributed by atoms with E-state index in [2.05, 4.69) is 4.90 Å². The molecule has 1 atom stereocenters. The molecule has 4 bridgehead atoms. The maximum Gasteiger partial charge on any atom is 0.0900 e. The van der Waals surface area contributed by atoms with Crippen molar-refractivity contribution in [2.45, 2.75) is 63.9 Å². The molecule has 5 aliphatic rings. The van der Waals surface area contributed by atoms with Gasteiger partial charge in [-0.25, -0.2) is 0 Å². The maximum atomic E-state index is 10.1. The number of aliphatic hydroxyl groups excluding tert-OH is 1. The first-order valence-electron chi connectivity index (χ1n) is 10.8. The highest BCUT2D eigenvalue weighted by Crippen LogP contribution is 2.61. The molecule has 144 valence electrons. The molecule has 25 heavy (non-hydrogen) atoms. The standard InChI is InChI=1S/C21H37NO3/c23-20(15-22-4-7-24-8-5-22)16-25-6-2-1-3-21-12-17-9-18(13-21)11-19(10-17)14-21/h17-20,23H,1-16H2/t17?,18?,19?,20-,21?/m0/s1. The second-order valence-electron chi connectivity index (χ2n) is 9.52. The lowest BCUT2D eigenvalue weighted by Crippen LogP contribution is -2.45. The molecule has 0 amide bonds. The van der Waals surface area contributed by atoms with Crippen LogP contribution >= 0.6 is 0 Å². The van der Waals surface area contributed by atoms with Gasteiger partial charge in [0.05, 0.1) is 25.9 Å². The molecule has 4 nitrogen and oxygen atoms in total. The third-order valence-electron chi connectivity index (χ3n) is 7.29. The summed E-state index contributed by atoms with van der Waals surface area (Å²) < 4.78 is 11.1. The van der Waals surface area contributed by atoms with Crippen molar-refractivity contribution < 1.29 is 14.6 Å². The number of morpholine rings is 1. The Kier molecular flexibility index (Phi) is 6.01. The predicted octanol–water partition coefficient (Wildman–Crippen LogP) is 3.08. The van der Waals surface area contributed by atoms with Gasteiger partial charge in [0, 0.05) is 26.2 Å². The minimum absolute atomic E-state index is 0.360. The van der Waals surface area contributed by atoms with Crippen molar-refractivity contribution in [3.63, 3.8) is 0 Å². The Labute approximate surface area is 153 Å². The molecule has 0 aromatic heterocycles. The number of nitrogens with zero attached hydrogens (tertiary/aromatic N) is 1. The van der Waals surface area contributed by atoms with Crippen molar-refractivity contribution in [2.75, 3.05) is 46.1 Å². The molecule has 0 spiro atoms.